The Hall–Kier alpha value is -3.43. The van der Waals surface area contributed by atoms with Gasteiger partial charge in [0.2, 0.25) is 6.29 Å². The molecule has 206 valence electrons. The van der Waals surface area contributed by atoms with Crippen LogP contribution in [0.3, 0.4) is 0 Å². The predicted molar refractivity (Wildman–Crippen MR) is 145 cm³/mol. The van der Waals surface area contributed by atoms with Gasteiger partial charge in [-0.15, -0.1) is 0 Å². The molecule has 38 heavy (non-hydrogen) atoms. The first-order chi connectivity index (χ1) is 18.0. The summed E-state index contributed by atoms with van der Waals surface area (Å²) in [6.07, 6.45) is -0.306. The van der Waals surface area contributed by atoms with Crippen molar-refractivity contribution in [2.45, 2.75) is 71.3 Å². The maximum atomic E-state index is 13.3. The summed E-state index contributed by atoms with van der Waals surface area (Å²) in [6.45, 7) is 9.24. The number of alkyl carbamates (subject to hydrolysis) is 1. The minimum atomic E-state index is -2.11. The van der Waals surface area contributed by atoms with E-state index in [1.165, 1.54) is 10.5 Å². The molecule has 3 rings (SSSR count). The molecule has 0 unspecified atom stereocenters. The summed E-state index contributed by atoms with van der Waals surface area (Å²) in [5, 5.41) is 21.5. The first kappa shape index (κ1) is 29.1. The number of benzene rings is 2. The highest BCUT2D eigenvalue weighted by Gasteiger charge is 2.26. The lowest BCUT2D eigenvalue weighted by Crippen LogP contribution is -2.40. The number of piperidine rings is 1. The topological polar surface area (TPSA) is 119 Å². The second-order valence-electron chi connectivity index (χ2n) is 10.6. The smallest absolute Gasteiger partial charge is 0.407 e. The molecule has 0 aliphatic carbocycles. The van der Waals surface area contributed by atoms with Crippen LogP contribution in [0.1, 0.15) is 74.4 Å². The van der Waals surface area contributed by atoms with Crippen LogP contribution in [0.5, 0.6) is 0 Å². The number of rotatable bonds is 8. The number of amides is 3. The van der Waals surface area contributed by atoms with E-state index in [1.807, 2.05) is 44.7 Å². The van der Waals surface area contributed by atoms with Crippen LogP contribution in [-0.4, -0.2) is 64.5 Å². The summed E-state index contributed by atoms with van der Waals surface area (Å²) in [7, 11) is 0. The molecule has 9 nitrogen and oxygen atoms in total. The van der Waals surface area contributed by atoms with E-state index < -0.39 is 23.9 Å². The third-order valence-corrected chi connectivity index (χ3v) is 6.38. The van der Waals surface area contributed by atoms with Crippen molar-refractivity contribution < 1.29 is 29.3 Å². The Kier molecular flexibility index (Phi) is 9.88. The molecule has 3 amide bonds. The highest BCUT2D eigenvalue weighted by atomic mass is 16.6. The number of anilines is 1. The summed E-state index contributed by atoms with van der Waals surface area (Å²) in [4.78, 5) is 40.6. The molecule has 1 aliphatic heterocycles. The van der Waals surface area contributed by atoms with Crippen LogP contribution in [0.15, 0.2) is 48.5 Å². The summed E-state index contributed by atoms with van der Waals surface area (Å²) in [6, 6.07) is 14.9. The van der Waals surface area contributed by atoms with Gasteiger partial charge in [0.25, 0.3) is 11.8 Å². The second-order valence-corrected chi connectivity index (χ2v) is 10.6. The zero-order chi connectivity index (χ0) is 27.9. The van der Waals surface area contributed by atoms with Gasteiger partial charge in [-0.1, -0.05) is 37.3 Å². The SMILES string of the molecule is CCCN(C(=O)C(O)O)c1cccc(C(=O)N2CCC(c3cccc(CNC(=O)OC(C)(C)C)c3)CC2)c1. The van der Waals surface area contributed by atoms with Crippen LogP contribution < -0.4 is 10.2 Å². The number of hydrogen-bond acceptors (Lipinski definition) is 6. The van der Waals surface area contributed by atoms with Crippen LogP contribution in [-0.2, 0) is 16.1 Å². The standard InChI is InChI=1S/C29H39N3O6/c1-5-14-32(26(34)27(35)36)24-11-7-10-23(18-24)25(33)31-15-12-21(13-16-31)22-9-6-8-20(17-22)19-30-28(37)38-29(2,3)4/h6-11,17-18,21,27,35-36H,5,12-16,19H2,1-4H3,(H,30,37). The van der Waals surface area contributed by atoms with Crippen molar-refractivity contribution in [3.63, 3.8) is 0 Å². The van der Waals surface area contributed by atoms with E-state index in [2.05, 4.69) is 17.4 Å². The second kappa shape index (κ2) is 12.9. The number of hydrogen-bond donors (Lipinski definition) is 3. The molecular weight excluding hydrogens is 486 g/mol. The summed E-state index contributed by atoms with van der Waals surface area (Å²) in [5.41, 5.74) is 2.54. The fourth-order valence-electron chi connectivity index (χ4n) is 4.58. The molecule has 1 aliphatic rings. The number of aliphatic hydroxyl groups excluding tert-OH is 1. The molecule has 0 spiro atoms. The lowest BCUT2D eigenvalue weighted by Gasteiger charge is -2.33. The Morgan fingerprint density at radius 2 is 1.76 bits per heavy atom. The Bertz CT molecular complexity index is 1120. The van der Waals surface area contributed by atoms with Crippen molar-refractivity contribution in [3.05, 3.63) is 65.2 Å². The molecule has 9 heteroatoms. The molecular formula is C29H39N3O6. The van der Waals surface area contributed by atoms with Crippen molar-refractivity contribution in [1.29, 1.82) is 0 Å². The zero-order valence-electron chi connectivity index (χ0n) is 22.6. The normalized spacial score (nSPS) is 14.3. The minimum Gasteiger partial charge on any atom is -0.444 e. The van der Waals surface area contributed by atoms with Gasteiger partial charge in [-0.3, -0.25) is 9.59 Å². The molecule has 0 saturated carbocycles. The Morgan fingerprint density at radius 1 is 1.08 bits per heavy atom. The van der Waals surface area contributed by atoms with Crippen molar-refractivity contribution in [3.8, 4) is 0 Å². The van der Waals surface area contributed by atoms with Gasteiger partial charge in [0, 0.05) is 37.4 Å². The van der Waals surface area contributed by atoms with Gasteiger partial charge in [-0.2, -0.15) is 0 Å². The van der Waals surface area contributed by atoms with Gasteiger partial charge < -0.3 is 30.1 Å². The van der Waals surface area contributed by atoms with E-state index in [4.69, 9.17) is 4.74 Å². The molecule has 1 saturated heterocycles. The number of nitrogens with one attached hydrogen (secondary N) is 1. The molecule has 2 aromatic carbocycles. The largest absolute Gasteiger partial charge is 0.444 e. The van der Waals surface area contributed by atoms with E-state index >= 15 is 0 Å². The number of carbonyl (C=O) groups is 3. The summed E-state index contributed by atoms with van der Waals surface area (Å²) in [5.74, 6) is -0.634. The van der Waals surface area contributed by atoms with Crippen molar-refractivity contribution in [2.75, 3.05) is 24.5 Å². The highest BCUT2D eigenvalue weighted by molar-refractivity contribution is 5.99. The lowest BCUT2D eigenvalue weighted by atomic mass is 9.88. The van der Waals surface area contributed by atoms with Crippen molar-refractivity contribution in [2.24, 2.45) is 0 Å². The molecule has 1 fully saturated rings. The molecule has 0 atom stereocenters. The number of nitrogens with zero attached hydrogens (tertiary/aromatic N) is 2. The Morgan fingerprint density at radius 3 is 2.39 bits per heavy atom. The van der Waals surface area contributed by atoms with Gasteiger partial charge >= 0.3 is 6.09 Å². The van der Waals surface area contributed by atoms with Crippen molar-refractivity contribution >= 4 is 23.6 Å². The fraction of sp³-hybridized carbons (Fsp3) is 0.483. The lowest BCUT2D eigenvalue weighted by molar-refractivity contribution is -0.144. The van der Waals surface area contributed by atoms with Crippen molar-refractivity contribution in [1.82, 2.24) is 10.2 Å². The third-order valence-electron chi connectivity index (χ3n) is 6.38. The predicted octanol–water partition coefficient (Wildman–Crippen LogP) is 3.78. The maximum Gasteiger partial charge on any atom is 0.407 e. The summed E-state index contributed by atoms with van der Waals surface area (Å²) >= 11 is 0. The van der Waals surface area contributed by atoms with Crippen LogP contribution in [0.4, 0.5) is 10.5 Å². The Balaban J connectivity index is 1.61. The zero-order valence-corrected chi connectivity index (χ0v) is 22.6. The molecule has 0 bridgehead atoms. The average Bonchev–Trinajstić information content (AvgIpc) is 2.89. The minimum absolute atomic E-state index is 0.117. The first-order valence-electron chi connectivity index (χ1n) is 13.1. The Labute approximate surface area is 224 Å². The molecule has 2 aromatic rings. The number of ether oxygens (including phenoxy) is 1. The van der Waals surface area contributed by atoms with Gasteiger partial charge in [0.1, 0.15) is 5.60 Å². The highest BCUT2D eigenvalue weighted by Crippen LogP contribution is 2.30. The fourth-order valence-corrected chi connectivity index (χ4v) is 4.58. The van der Waals surface area contributed by atoms with E-state index in [-0.39, 0.29) is 5.91 Å². The number of likely N-dealkylation sites (tertiary alicyclic amines) is 1. The van der Waals surface area contributed by atoms with Crippen LogP contribution in [0.2, 0.25) is 0 Å². The monoisotopic (exact) mass is 525 g/mol. The number of carbonyl (C=O) groups excluding carboxylic acids is 3. The van der Waals surface area contributed by atoms with Crippen LogP contribution in [0, 0.1) is 0 Å². The van der Waals surface area contributed by atoms with Gasteiger partial charge in [-0.25, -0.2) is 4.79 Å². The quantitative estimate of drug-likeness (QED) is 0.451. The molecule has 0 radical (unpaired) electrons. The van der Waals surface area contributed by atoms with E-state index in [0.29, 0.717) is 49.8 Å². The van der Waals surface area contributed by atoms with Gasteiger partial charge in [0.15, 0.2) is 0 Å². The van der Waals surface area contributed by atoms with Gasteiger partial charge in [-0.05, 0) is 75.3 Å². The van der Waals surface area contributed by atoms with E-state index in [9.17, 15) is 24.6 Å². The molecule has 0 aromatic heterocycles. The average molecular weight is 526 g/mol. The van der Waals surface area contributed by atoms with E-state index in [0.717, 1.165) is 18.4 Å². The van der Waals surface area contributed by atoms with Gasteiger partial charge in [0.05, 0.1) is 0 Å². The maximum absolute atomic E-state index is 13.3. The van der Waals surface area contributed by atoms with Crippen LogP contribution in [0.25, 0.3) is 0 Å². The third kappa shape index (κ3) is 8.03. The number of aliphatic hydroxyl groups is 2. The van der Waals surface area contributed by atoms with Crippen LogP contribution >= 0.6 is 0 Å². The first-order valence-corrected chi connectivity index (χ1v) is 13.1. The summed E-state index contributed by atoms with van der Waals surface area (Å²) < 4.78 is 5.30. The van der Waals surface area contributed by atoms with E-state index in [1.54, 1.807) is 24.3 Å². The molecule has 1 heterocycles. The molecule has 3 N–H and O–H groups in total.